The van der Waals surface area contributed by atoms with Crippen molar-refractivity contribution < 1.29 is 9.90 Å². The summed E-state index contributed by atoms with van der Waals surface area (Å²) in [6.45, 7) is 3.60. The van der Waals surface area contributed by atoms with E-state index in [1.165, 1.54) is 4.68 Å². The molecule has 1 N–H and O–H groups in total. The van der Waals surface area contributed by atoms with Gasteiger partial charge in [0.05, 0.1) is 5.02 Å². The Kier molecular flexibility index (Phi) is 4.63. The first-order chi connectivity index (χ1) is 9.96. The van der Waals surface area contributed by atoms with E-state index in [-0.39, 0.29) is 0 Å². The summed E-state index contributed by atoms with van der Waals surface area (Å²) >= 11 is 9.55. The Hall–Kier alpha value is -1.47. The van der Waals surface area contributed by atoms with Crippen LogP contribution in [0, 0.1) is 0 Å². The molecule has 0 fully saturated rings. The number of aromatic nitrogens is 4. The predicted octanol–water partition coefficient (Wildman–Crippen LogP) is 3.36. The third-order valence-electron chi connectivity index (χ3n) is 3.61. The first-order valence-corrected chi connectivity index (χ1v) is 7.61. The van der Waals surface area contributed by atoms with Gasteiger partial charge in [0.1, 0.15) is 0 Å². The smallest absolute Gasteiger partial charge is 0.331 e. The topological polar surface area (TPSA) is 80.9 Å². The van der Waals surface area contributed by atoms with E-state index in [1.54, 1.807) is 32.0 Å². The molecule has 0 aliphatic rings. The van der Waals surface area contributed by atoms with Gasteiger partial charge >= 0.3 is 5.97 Å². The average molecular weight is 374 g/mol. The number of carbonyl (C=O) groups is 1. The van der Waals surface area contributed by atoms with Crippen molar-refractivity contribution in [3.8, 4) is 11.4 Å². The molecule has 1 heterocycles. The lowest BCUT2D eigenvalue weighted by Gasteiger charge is -2.27. The van der Waals surface area contributed by atoms with E-state index in [0.717, 1.165) is 4.47 Å². The highest BCUT2D eigenvalue weighted by Crippen LogP contribution is 2.33. The number of carboxylic acids is 1. The van der Waals surface area contributed by atoms with Crippen molar-refractivity contribution in [1.82, 2.24) is 20.2 Å². The highest BCUT2D eigenvalue weighted by atomic mass is 79.9. The van der Waals surface area contributed by atoms with E-state index in [9.17, 15) is 9.90 Å². The van der Waals surface area contributed by atoms with Crippen LogP contribution >= 0.6 is 27.5 Å². The van der Waals surface area contributed by atoms with Crippen molar-refractivity contribution in [3.05, 3.63) is 27.7 Å². The zero-order valence-electron chi connectivity index (χ0n) is 11.5. The second-order valence-electron chi connectivity index (χ2n) is 4.58. The van der Waals surface area contributed by atoms with Crippen molar-refractivity contribution in [2.45, 2.75) is 32.2 Å². The molecule has 2 rings (SSSR count). The summed E-state index contributed by atoms with van der Waals surface area (Å²) in [5.41, 5.74) is -0.590. The molecular formula is C13H14BrClN4O2. The van der Waals surface area contributed by atoms with Gasteiger partial charge in [-0.15, -0.1) is 5.10 Å². The highest BCUT2D eigenvalue weighted by molar-refractivity contribution is 9.10. The summed E-state index contributed by atoms with van der Waals surface area (Å²) in [5, 5.41) is 21.6. The van der Waals surface area contributed by atoms with Crippen LogP contribution in [-0.2, 0) is 10.3 Å². The van der Waals surface area contributed by atoms with Gasteiger partial charge in [-0.05, 0) is 41.5 Å². The van der Waals surface area contributed by atoms with Crippen molar-refractivity contribution in [1.29, 1.82) is 0 Å². The van der Waals surface area contributed by atoms with E-state index in [1.807, 2.05) is 0 Å². The summed E-state index contributed by atoms with van der Waals surface area (Å²) in [7, 11) is 0. The van der Waals surface area contributed by atoms with Crippen molar-refractivity contribution in [3.63, 3.8) is 0 Å². The third kappa shape index (κ3) is 2.67. The predicted molar refractivity (Wildman–Crippen MR) is 82.2 cm³/mol. The van der Waals surface area contributed by atoms with Crippen molar-refractivity contribution in [2.24, 2.45) is 0 Å². The minimum absolute atomic E-state index is 0.346. The van der Waals surface area contributed by atoms with E-state index in [0.29, 0.717) is 29.3 Å². The Morgan fingerprint density at radius 2 is 2.10 bits per heavy atom. The molecule has 8 heteroatoms. The molecule has 112 valence electrons. The Balaban J connectivity index is 2.64. The molecule has 0 aliphatic heterocycles. The molecule has 0 radical (unpaired) electrons. The van der Waals surface area contributed by atoms with E-state index in [2.05, 4.69) is 31.5 Å². The van der Waals surface area contributed by atoms with Gasteiger partial charge in [-0.25, -0.2) is 9.48 Å². The van der Waals surface area contributed by atoms with Gasteiger partial charge in [0.2, 0.25) is 0 Å². The second-order valence-corrected chi connectivity index (χ2v) is 5.91. The molecule has 0 atom stereocenters. The van der Waals surface area contributed by atoms with Gasteiger partial charge in [-0.3, -0.25) is 0 Å². The summed E-state index contributed by atoms with van der Waals surface area (Å²) in [6, 6.07) is 5.28. The summed E-state index contributed by atoms with van der Waals surface area (Å²) in [4.78, 5) is 11.7. The Morgan fingerprint density at radius 1 is 1.43 bits per heavy atom. The maximum absolute atomic E-state index is 11.7. The molecule has 0 bridgehead atoms. The quantitative estimate of drug-likeness (QED) is 0.869. The Bertz CT molecular complexity index is 670. The molecule has 0 aliphatic carbocycles. The van der Waals surface area contributed by atoms with Crippen LogP contribution in [-0.4, -0.2) is 31.3 Å². The standard InChI is InChI=1S/C13H14BrClN4O2/c1-3-13(4-2,12(20)21)19-11(16-17-18-19)9-6-5-8(14)7-10(9)15/h5-7H,3-4H2,1-2H3,(H,20,21). The molecule has 0 saturated heterocycles. The minimum atomic E-state index is -1.19. The SMILES string of the molecule is CCC(CC)(C(=O)O)n1nnnc1-c1ccc(Br)cc1Cl. The molecule has 0 amide bonds. The highest BCUT2D eigenvalue weighted by Gasteiger charge is 2.40. The fourth-order valence-corrected chi connectivity index (χ4v) is 3.01. The van der Waals surface area contributed by atoms with Crippen LogP contribution in [0.3, 0.4) is 0 Å². The van der Waals surface area contributed by atoms with Gasteiger partial charge in [-0.1, -0.05) is 41.4 Å². The lowest BCUT2D eigenvalue weighted by molar-refractivity contribution is -0.148. The van der Waals surface area contributed by atoms with E-state index < -0.39 is 11.5 Å². The summed E-state index contributed by atoms with van der Waals surface area (Å²) < 4.78 is 2.18. The molecule has 21 heavy (non-hydrogen) atoms. The van der Waals surface area contributed by atoms with Gasteiger partial charge in [-0.2, -0.15) is 0 Å². The lowest BCUT2D eigenvalue weighted by Crippen LogP contribution is -2.42. The molecule has 1 aromatic heterocycles. The van der Waals surface area contributed by atoms with Crippen LogP contribution in [0.2, 0.25) is 5.02 Å². The van der Waals surface area contributed by atoms with E-state index >= 15 is 0 Å². The second kappa shape index (κ2) is 6.11. The van der Waals surface area contributed by atoms with Crippen LogP contribution in [0.4, 0.5) is 0 Å². The molecule has 1 aromatic carbocycles. The monoisotopic (exact) mass is 372 g/mol. The van der Waals surface area contributed by atoms with Crippen LogP contribution in [0.15, 0.2) is 22.7 Å². The number of rotatable bonds is 5. The zero-order valence-corrected chi connectivity index (χ0v) is 13.9. The molecule has 6 nitrogen and oxygen atoms in total. The third-order valence-corrected chi connectivity index (χ3v) is 4.42. The first kappa shape index (κ1) is 15.9. The van der Waals surface area contributed by atoms with Crippen LogP contribution < -0.4 is 0 Å². The normalized spacial score (nSPS) is 11.6. The van der Waals surface area contributed by atoms with Crippen molar-refractivity contribution >= 4 is 33.5 Å². The number of hydrogen-bond acceptors (Lipinski definition) is 4. The number of nitrogens with zero attached hydrogens (tertiary/aromatic N) is 4. The minimum Gasteiger partial charge on any atom is -0.479 e. The molecular weight excluding hydrogens is 360 g/mol. The number of benzene rings is 1. The maximum atomic E-state index is 11.7. The lowest BCUT2D eigenvalue weighted by atomic mass is 9.92. The largest absolute Gasteiger partial charge is 0.479 e. The fraction of sp³-hybridized carbons (Fsp3) is 0.385. The van der Waals surface area contributed by atoms with Gasteiger partial charge in [0.15, 0.2) is 11.4 Å². The molecule has 2 aromatic rings. The molecule has 0 unspecified atom stereocenters. The Labute approximate surface area is 135 Å². The maximum Gasteiger partial charge on any atom is 0.331 e. The molecule has 0 saturated carbocycles. The number of halogens is 2. The van der Waals surface area contributed by atoms with Gasteiger partial charge in [0.25, 0.3) is 0 Å². The molecule has 0 spiro atoms. The summed E-state index contributed by atoms with van der Waals surface area (Å²) in [5.74, 6) is -0.618. The number of tetrazole rings is 1. The average Bonchev–Trinajstić information content (AvgIpc) is 2.90. The first-order valence-electron chi connectivity index (χ1n) is 6.44. The van der Waals surface area contributed by atoms with Gasteiger partial charge in [0, 0.05) is 10.0 Å². The van der Waals surface area contributed by atoms with Crippen LogP contribution in [0.25, 0.3) is 11.4 Å². The number of carboxylic acid groups (broad SMARTS) is 1. The Morgan fingerprint density at radius 3 is 2.62 bits per heavy atom. The van der Waals surface area contributed by atoms with Crippen LogP contribution in [0.1, 0.15) is 26.7 Å². The zero-order chi connectivity index (χ0) is 15.6. The summed E-state index contributed by atoms with van der Waals surface area (Å²) in [6.07, 6.45) is 0.732. The van der Waals surface area contributed by atoms with Crippen molar-refractivity contribution in [2.75, 3.05) is 0 Å². The van der Waals surface area contributed by atoms with Crippen LogP contribution in [0.5, 0.6) is 0 Å². The number of hydrogen-bond donors (Lipinski definition) is 1. The fourth-order valence-electron chi connectivity index (χ4n) is 2.26. The van der Waals surface area contributed by atoms with E-state index in [4.69, 9.17) is 11.6 Å². The van der Waals surface area contributed by atoms with Gasteiger partial charge < -0.3 is 5.11 Å². The number of aliphatic carboxylic acids is 1.